The molecule has 60 heavy (non-hydrogen) atoms. The maximum absolute atomic E-state index is 15.5. The highest BCUT2D eigenvalue weighted by atomic mass is 19.4. The predicted molar refractivity (Wildman–Crippen MR) is 168 cm³/mol. The second kappa shape index (κ2) is 15.9. The van der Waals surface area contributed by atoms with Gasteiger partial charge in [-0.2, -0.15) is 21.0 Å². The number of ether oxygens (including phenoxy) is 2. The maximum atomic E-state index is 15.5. The molecule has 0 N–H and O–H groups in total. The maximum Gasteiger partial charge on any atom is 0.573 e. The fourth-order valence-electron chi connectivity index (χ4n) is 5.64. The zero-order chi connectivity index (χ0) is 44.8. The van der Waals surface area contributed by atoms with E-state index in [0.29, 0.717) is 24.3 Å². The van der Waals surface area contributed by atoms with Gasteiger partial charge in [-0.15, -0.1) is 26.3 Å². The Balaban J connectivity index is 2.15. The highest BCUT2D eigenvalue weighted by Gasteiger charge is 2.35. The Morgan fingerprint density at radius 1 is 0.433 bits per heavy atom. The lowest BCUT2D eigenvalue weighted by Gasteiger charge is -2.16. The largest absolute Gasteiger partial charge is 0.573 e. The fraction of sp³-hybridized carbons (Fsp3) is 0.0526. The minimum Gasteiger partial charge on any atom is -0.403 e. The molecular formula is C38H8F16N4O2. The molecule has 0 fully saturated rings. The summed E-state index contributed by atoms with van der Waals surface area (Å²) >= 11 is 0. The third-order valence-corrected chi connectivity index (χ3v) is 8.11. The number of nitriles is 4. The van der Waals surface area contributed by atoms with Gasteiger partial charge in [0, 0.05) is 10.4 Å². The van der Waals surface area contributed by atoms with Gasteiger partial charge in [0.25, 0.3) is 0 Å². The highest BCUT2D eigenvalue weighted by molar-refractivity contribution is 5.88. The van der Waals surface area contributed by atoms with Gasteiger partial charge in [-0.1, -0.05) is 12.1 Å². The van der Waals surface area contributed by atoms with Gasteiger partial charge in [0.2, 0.25) is 0 Å². The van der Waals surface area contributed by atoms with E-state index in [2.05, 4.69) is 9.47 Å². The molecule has 0 spiro atoms. The van der Waals surface area contributed by atoms with Crippen molar-refractivity contribution in [1.29, 1.82) is 21.0 Å². The lowest BCUT2D eigenvalue weighted by molar-refractivity contribution is -0.276. The molecule has 0 bridgehead atoms. The summed E-state index contributed by atoms with van der Waals surface area (Å²) in [7, 11) is 0. The van der Waals surface area contributed by atoms with E-state index < -0.39 is 148 Å². The van der Waals surface area contributed by atoms with Gasteiger partial charge >= 0.3 is 12.7 Å². The van der Waals surface area contributed by atoms with E-state index in [0.717, 1.165) is 24.3 Å². The smallest absolute Gasteiger partial charge is 0.403 e. The first kappa shape index (κ1) is 43.4. The van der Waals surface area contributed by atoms with Gasteiger partial charge < -0.3 is 9.47 Å². The van der Waals surface area contributed by atoms with Crippen LogP contribution in [-0.2, 0) is 0 Å². The molecule has 0 saturated carbocycles. The molecule has 0 heterocycles. The van der Waals surface area contributed by atoms with E-state index in [-0.39, 0.29) is 24.3 Å². The molecule has 6 nitrogen and oxygen atoms in total. The van der Waals surface area contributed by atoms with Crippen LogP contribution in [0, 0.1) is 103 Å². The molecule has 5 aromatic rings. The molecule has 0 aliphatic carbocycles. The van der Waals surface area contributed by atoms with E-state index in [4.69, 9.17) is 10.5 Å². The van der Waals surface area contributed by atoms with Crippen LogP contribution in [0.1, 0.15) is 22.3 Å². The third-order valence-electron chi connectivity index (χ3n) is 8.11. The van der Waals surface area contributed by atoms with E-state index in [9.17, 15) is 54.4 Å². The molecule has 5 rings (SSSR count). The standard InChI is InChI=1S/C38H8F16N4O2/c39-23-5-13(1-3-25(23)59-37(49,50)51)15-7-18(20(10-56)28-35(47)31(43)22(12-58)32(44)36(28)48)16(14-2-4-26(24(40)6-14)60-38(52,53)54)8-17(15)19(9-55)27-33(45)29(41)21(11-57)30(42)34(27)46/h1-8H/b19-17+,20-18+. The first-order valence-corrected chi connectivity index (χ1v) is 15.4. The van der Waals surface area contributed by atoms with Crippen molar-refractivity contribution in [3.8, 4) is 58.0 Å². The molecule has 304 valence electrons. The lowest BCUT2D eigenvalue weighted by atomic mass is 9.88. The van der Waals surface area contributed by atoms with Gasteiger partial charge in [-0.05, 0) is 58.7 Å². The van der Waals surface area contributed by atoms with Crippen LogP contribution in [0.25, 0.3) is 33.4 Å². The average molecular weight is 856 g/mol. The highest BCUT2D eigenvalue weighted by Crippen LogP contribution is 2.35. The SMILES string of the molecule is N#C/C(c1c(F)c(F)c(C#N)c(F)c1F)=c1/cc(-c2ccc(OC(F)(F)F)c(F)c2)/c(=C(\C#N)c2c(F)c(F)c(C#N)c(F)c2F)cc1-c1ccc(OC(F)(F)F)c(F)c1. The van der Waals surface area contributed by atoms with Crippen LogP contribution in [0.2, 0.25) is 0 Å². The van der Waals surface area contributed by atoms with Gasteiger partial charge in [-0.25, -0.2) is 43.9 Å². The van der Waals surface area contributed by atoms with Crippen LogP contribution >= 0.6 is 0 Å². The Labute approximate surface area is 322 Å². The Bertz CT molecular complexity index is 2710. The Kier molecular flexibility index (Phi) is 11.5. The molecule has 0 saturated heterocycles. The minimum atomic E-state index is -5.53. The van der Waals surface area contributed by atoms with E-state index >= 15 is 26.3 Å². The zero-order valence-corrected chi connectivity index (χ0v) is 28.3. The van der Waals surface area contributed by atoms with Crippen LogP contribution in [0.3, 0.4) is 0 Å². The molecule has 22 heteroatoms. The lowest BCUT2D eigenvalue weighted by Crippen LogP contribution is -2.23. The van der Waals surface area contributed by atoms with E-state index in [1.807, 2.05) is 0 Å². The van der Waals surface area contributed by atoms with Crippen LogP contribution in [-0.4, -0.2) is 12.7 Å². The average Bonchev–Trinajstić information content (AvgIpc) is 3.17. The summed E-state index contributed by atoms with van der Waals surface area (Å²) in [6.07, 6.45) is -11.1. The molecule has 0 radical (unpaired) electrons. The third kappa shape index (κ3) is 7.91. The number of nitrogens with zero attached hydrogens (tertiary/aromatic N) is 4. The van der Waals surface area contributed by atoms with Crippen molar-refractivity contribution in [1.82, 2.24) is 0 Å². The Morgan fingerprint density at radius 3 is 0.967 bits per heavy atom. The summed E-state index contributed by atoms with van der Waals surface area (Å²) in [5.41, 5.74) is -14.5. The van der Waals surface area contributed by atoms with E-state index in [1.165, 1.54) is 0 Å². The van der Waals surface area contributed by atoms with Crippen molar-refractivity contribution in [2.24, 2.45) is 0 Å². The summed E-state index contributed by atoms with van der Waals surface area (Å²) < 4.78 is 237. The Hall–Kier alpha value is -7.72. The summed E-state index contributed by atoms with van der Waals surface area (Å²) in [5, 5.41) is 36.2. The van der Waals surface area contributed by atoms with Gasteiger partial charge in [-0.3, -0.25) is 0 Å². The summed E-state index contributed by atoms with van der Waals surface area (Å²) in [6.45, 7) is 0. The molecule has 5 aromatic carbocycles. The van der Waals surface area contributed by atoms with Gasteiger partial charge in [0.15, 0.2) is 69.7 Å². The summed E-state index contributed by atoms with van der Waals surface area (Å²) in [4.78, 5) is 0. The number of benzene rings is 5. The van der Waals surface area contributed by atoms with Crippen molar-refractivity contribution >= 4 is 11.1 Å². The topological polar surface area (TPSA) is 114 Å². The first-order valence-electron chi connectivity index (χ1n) is 15.4. The number of hydrogen-bond donors (Lipinski definition) is 0. The fourth-order valence-corrected chi connectivity index (χ4v) is 5.64. The summed E-state index contributed by atoms with van der Waals surface area (Å²) in [6, 6.07) is 6.44. The van der Waals surface area contributed by atoms with Gasteiger partial charge in [0.05, 0.1) is 22.3 Å². The Morgan fingerprint density at radius 2 is 0.733 bits per heavy atom. The second-order valence-electron chi connectivity index (χ2n) is 11.5. The molecule has 0 atom stereocenters. The number of alkyl halides is 6. The second-order valence-corrected chi connectivity index (χ2v) is 11.5. The van der Waals surface area contributed by atoms with E-state index in [1.54, 1.807) is 0 Å². The van der Waals surface area contributed by atoms with Crippen molar-refractivity contribution in [3.05, 3.63) is 139 Å². The van der Waals surface area contributed by atoms with Gasteiger partial charge in [0.1, 0.15) is 35.4 Å². The molecule has 0 aliphatic heterocycles. The number of halogens is 16. The van der Waals surface area contributed by atoms with Crippen LogP contribution < -0.4 is 19.9 Å². The van der Waals surface area contributed by atoms with Crippen LogP contribution in [0.15, 0.2) is 48.5 Å². The minimum absolute atomic E-state index is 0.141. The number of hydrogen-bond acceptors (Lipinski definition) is 6. The quantitative estimate of drug-likeness (QED) is 0.124. The predicted octanol–water partition coefficient (Wildman–Crippen LogP) is 9.40. The van der Waals surface area contributed by atoms with Crippen molar-refractivity contribution < 1.29 is 79.7 Å². The van der Waals surface area contributed by atoms with Crippen LogP contribution in [0.5, 0.6) is 11.5 Å². The van der Waals surface area contributed by atoms with Crippen LogP contribution in [0.4, 0.5) is 70.2 Å². The molecular weight excluding hydrogens is 848 g/mol. The number of rotatable bonds is 6. The molecule has 0 amide bonds. The zero-order valence-electron chi connectivity index (χ0n) is 28.3. The first-order chi connectivity index (χ1) is 28.0. The summed E-state index contributed by atoms with van der Waals surface area (Å²) in [5.74, 6) is -26.4. The van der Waals surface area contributed by atoms with Crippen molar-refractivity contribution in [3.63, 3.8) is 0 Å². The van der Waals surface area contributed by atoms with Crippen molar-refractivity contribution in [2.45, 2.75) is 12.7 Å². The normalized spacial score (nSPS) is 12.5. The molecule has 0 unspecified atom stereocenters. The molecule has 0 aromatic heterocycles. The van der Waals surface area contributed by atoms with Crippen molar-refractivity contribution in [2.75, 3.05) is 0 Å². The monoisotopic (exact) mass is 856 g/mol. The molecule has 0 aliphatic rings.